The van der Waals surface area contributed by atoms with Crippen molar-refractivity contribution in [1.82, 2.24) is 0 Å². The molecule has 6 unspecified atom stereocenters. The highest BCUT2D eigenvalue weighted by molar-refractivity contribution is 7.85. The number of rotatable bonds is 2. The zero-order chi connectivity index (χ0) is 12.4. The van der Waals surface area contributed by atoms with Crippen LogP contribution in [-0.4, -0.2) is 33.2 Å². The molecule has 0 aromatic rings. The second-order valence-corrected chi connectivity index (χ2v) is 7.71. The Balaban J connectivity index is 1.90. The van der Waals surface area contributed by atoms with E-state index in [-0.39, 0.29) is 22.7 Å². The van der Waals surface area contributed by atoms with Gasteiger partial charge in [0, 0.05) is 21.0 Å². The fourth-order valence-corrected chi connectivity index (χ4v) is 4.24. The molecule has 0 N–H and O–H groups in total. The lowest BCUT2D eigenvalue weighted by Gasteiger charge is -2.39. The summed E-state index contributed by atoms with van der Waals surface area (Å²) in [7, 11) is 0. The van der Waals surface area contributed by atoms with E-state index in [0.717, 1.165) is 25.7 Å². The molecular formula is C12H22OS4. The van der Waals surface area contributed by atoms with Crippen LogP contribution in [-0.2, 0) is 4.74 Å². The molecule has 2 rings (SSSR count). The van der Waals surface area contributed by atoms with Gasteiger partial charge in [-0.1, -0.05) is 0 Å². The van der Waals surface area contributed by atoms with Crippen molar-refractivity contribution in [3.05, 3.63) is 0 Å². The minimum Gasteiger partial charge on any atom is -0.373 e. The summed E-state index contributed by atoms with van der Waals surface area (Å²) >= 11 is 18.5. The largest absolute Gasteiger partial charge is 0.373 e. The van der Waals surface area contributed by atoms with E-state index in [1.54, 1.807) is 0 Å². The molecule has 6 atom stereocenters. The summed E-state index contributed by atoms with van der Waals surface area (Å²) in [6, 6.07) is 0. The van der Waals surface area contributed by atoms with Gasteiger partial charge < -0.3 is 4.74 Å². The lowest BCUT2D eigenvalue weighted by Crippen LogP contribution is -2.44. The van der Waals surface area contributed by atoms with E-state index in [9.17, 15) is 0 Å². The first kappa shape index (κ1) is 14.8. The zero-order valence-electron chi connectivity index (χ0n) is 9.90. The van der Waals surface area contributed by atoms with Gasteiger partial charge in [-0.3, -0.25) is 0 Å². The third-order valence-electron chi connectivity index (χ3n) is 3.88. The molecule has 17 heavy (non-hydrogen) atoms. The average Bonchev–Trinajstić information content (AvgIpc) is 2.31. The molecule has 5 heteroatoms. The SMILES string of the molecule is SC1CCCC(OC2CCCC(S)C2S)C1S. The molecule has 0 saturated heterocycles. The molecule has 0 spiro atoms. The molecular weight excluding hydrogens is 288 g/mol. The molecule has 2 aliphatic carbocycles. The number of hydrogen-bond acceptors (Lipinski definition) is 5. The Morgan fingerprint density at radius 2 is 1.06 bits per heavy atom. The Labute approximate surface area is 126 Å². The smallest absolute Gasteiger partial charge is 0.0706 e. The molecule has 0 aliphatic heterocycles. The standard InChI is InChI=1S/C12H22OS4/c14-9-5-1-3-7(11(9)16)13-8-4-2-6-10(15)12(8)17/h7-12,14-17H,1-6H2. The Morgan fingerprint density at radius 3 is 1.47 bits per heavy atom. The van der Waals surface area contributed by atoms with E-state index in [1.165, 1.54) is 12.8 Å². The number of hydrogen-bond donors (Lipinski definition) is 4. The highest BCUT2D eigenvalue weighted by atomic mass is 32.1. The average molecular weight is 311 g/mol. The van der Waals surface area contributed by atoms with Crippen molar-refractivity contribution in [1.29, 1.82) is 0 Å². The summed E-state index contributed by atoms with van der Waals surface area (Å²) in [5.41, 5.74) is 0. The van der Waals surface area contributed by atoms with Crippen molar-refractivity contribution in [2.75, 3.05) is 0 Å². The maximum atomic E-state index is 6.25. The molecule has 0 aromatic heterocycles. The second kappa shape index (κ2) is 6.69. The fraction of sp³-hybridized carbons (Fsp3) is 1.00. The maximum absolute atomic E-state index is 6.25. The van der Waals surface area contributed by atoms with Gasteiger partial charge in [0.2, 0.25) is 0 Å². The van der Waals surface area contributed by atoms with Crippen molar-refractivity contribution in [2.45, 2.75) is 71.7 Å². The third-order valence-corrected chi connectivity index (χ3v) is 6.89. The van der Waals surface area contributed by atoms with Gasteiger partial charge in [-0.2, -0.15) is 50.5 Å². The monoisotopic (exact) mass is 310 g/mol. The molecule has 0 radical (unpaired) electrons. The summed E-state index contributed by atoms with van der Waals surface area (Å²) in [4.78, 5) is 0. The van der Waals surface area contributed by atoms with Crippen molar-refractivity contribution in [3.63, 3.8) is 0 Å². The Kier molecular flexibility index (Phi) is 5.81. The van der Waals surface area contributed by atoms with Crippen LogP contribution in [0.1, 0.15) is 38.5 Å². The van der Waals surface area contributed by atoms with Gasteiger partial charge in [0.1, 0.15) is 0 Å². The zero-order valence-corrected chi connectivity index (χ0v) is 13.5. The summed E-state index contributed by atoms with van der Waals surface area (Å²) in [6.07, 6.45) is 7.41. The molecule has 0 heterocycles. The van der Waals surface area contributed by atoms with Crippen LogP contribution in [0.2, 0.25) is 0 Å². The van der Waals surface area contributed by atoms with Gasteiger partial charge in [0.05, 0.1) is 12.2 Å². The van der Waals surface area contributed by atoms with E-state index in [4.69, 9.17) is 4.74 Å². The molecule has 0 bridgehead atoms. The van der Waals surface area contributed by atoms with Gasteiger partial charge in [0.15, 0.2) is 0 Å². The highest BCUT2D eigenvalue weighted by Crippen LogP contribution is 2.35. The van der Waals surface area contributed by atoms with Gasteiger partial charge in [-0.15, -0.1) is 0 Å². The molecule has 2 aliphatic rings. The van der Waals surface area contributed by atoms with Crippen molar-refractivity contribution in [2.24, 2.45) is 0 Å². The first-order valence-corrected chi connectivity index (χ1v) is 8.54. The van der Waals surface area contributed by atoms with Crippen LogP contribution in [0.25, 0.3) is 0 Å². The van der Waals surface area contributed by atoms with Gasteiger partial charge >= 0.3 is 0 Å². The fourth-order valence-electron chi connectivity index (χ4n) is 2.76. The minimum absolute atomic E-state index is 0.243. The Morgan fingerprint density at radius 1 is 0.647 bits per heavy atom. The molecule has 1 nitrogen and oxygen atoms in total. The van der Waals surface area contributed by atoms with Crippen molar-refractivity contribution < 1.29 is 4.74 Å². The predicted octanol–water partition coefficient (Wildman–Crippen LogP) is 3.30. The van der Waals surface area contributed by atoms with Crippen LogP contribution in [0.3, 0.4) is 0 Å². The quantitative estimate of drug-likeness (QED) is 0.573. The van der Waals surface area contributed by atoms with E-state index in [1.807, 2.05) is 0 Å². The second-order valence-electron chi connectivity index (χ2n) is 5.19. The Hall–Kier alpha value is 1.36. The highest BCUT2D eigenvalue weighted by Gasteiger charge is 2.35. The van der Waals surface area contributed by atoms with Crippen LogP contribution in [0.15, 0.2) is 0 Å². The first-order chi connectivity index (χ1) is 8.09. The first-order valence-electron chi connectivity index (χ1n) is 6.47. The summed E-state index contributed by atoms with van der Waals surface area (Å²) in [5, 5.41) is 1.25. The summed E-state index contributed by atoms with van der Waals surface area (Å²) < 4.78 is 6.25. The summed E-state index contributed by atoms with van der Waals surface area (Å²) in [5.74, 6) is 0. The number of ether oxygens (including phenoxy) is 1. The number of thiol groups is 4. The molecule has 0 amide bonds. The molecule has 0 aromatic carbocycles. The van der Waals surface area contributed by atoms with Crippen LogP contribution in [0.4, 0.5) is 0 Å². The van der Waals surface area contributed by atoms with E-state index in [0.29, 0.717) is 10.5 Å². The maximum Gasteiger partial charge on any atom is 0.0706 e. The van der Waals surface area contributed by atoms with E-state index >= 15 is 0 Å². The molecule has 2 saturated carbocycles. The third kappa shape index (κ3) is 3.68. The van der Waals surface area contributed by atoms with Gasteiger partial charge in [-0.05, 0) is 38.5 Å². The van der Waals surface area contributed by atoms with Crippen LogP contribution in [0, 0.1) is 0 Å². The summed E-state index contributed by atoms with van der Waals surface area (Å²) in [6.45, 7) is 0. The van der Waals surface area contributed by atoms with Crippen LogP contribution >= 0.6 is 50.5 Å². The topological polar surface area (TPSA) is 9.23 Å². The predicted molar refractivity (Wildman–Crippen MR) is 87.5 cm³/mol. The normalized spacial score (nSPS) is 48.0. The van der Waals surface area contributed by atoms with Crippen LogP contribution < -0.4 is 0 Å². The lowest BCUT2D eigenvalue weighted by atomic mass is 9.93. The molecule has 100 valence electrons. The lowest BCUT2D eigenvalue weighted by molar-refractivity contribution is -0.0356. The van der Waals surface area contributed by atoms with E-state index < -0.39 is 0 Å². The van der Waals surface area contributed by atoms with E-state index in [2.05, 4.69) is 50.5 Å². The van der Waals surface area contributed by atoms with Gasteiger partial charge in [-0.25, -0.2) is 0 Å². The van der Waals surface area contributed by atoms with Crippen molar-refractivity contribution in [3.8, 4) is 0 Å². The minimum atomic E-state index is 0.243. The molecule has 2 fully saturated rings. The van der Waals surface area contributed by atoms with Crippen molar-refractivity contribution >= 4 is 50.5 Å². The Bertz CT molecular complexity index is 227. The van der Waals surface area contributed by atoms with Crippen LogP contribution in [0.5, 0.6) is 0 Å². The van der Waals surface area contributed by atoms with Gasteiger partial charge in [0.25, 0.3) is 0 Å².